The molecule has 4 atom stereocenters. The Bertz CT molecular complexity index is 850. The summed E-state index contributed by atoms with van der Waals surface area (Å²) in [5, 5.41) is 10.8. The first-order valence-corrected chi connectivity index (χ1v) is 11.9. The smallest absolute Gasteiger partial charge is 0.325 e. The van der Waals surface area contributed by atoms with Crippen LogP contribution in [0.4, 0.5) is 0 Å². The number of unbranched alkanes of at least 4 members (excludes halogenated alkanes) is 2. The molecule has 1 aromatic carbocycles. The molecule has 1 aliphatic carbocycles. The summed E-state index contributed by atoms with van der Waals surface area (Å²) in [7, 11) is 0. The third-order valence-electron chi connectivity index (χ3n) is 6.84. The lowest BCUT2D eigenvalue weighted by atomic mass is 9.66. The minimum absolute atomic E-state index is 0.0480. The quantitative estimate of drug-likeness (QED) is 0.616. The highest BCUT2D eigenvalue weighted by atomic mass is 32.2. The number of carboxylic acid groups (broad SMARTS) is 1. The molecule has 3 aliphatic heterocycles. The zero-order chi connectivity index (χ0) is 18.9. The summed E-state index contributed by atoms with van der Waals surface area (Å²) in [4.78, 5) is 12.7. The molecule has 1 N–H and O–H groups in total. The third-order valence-corrected chi connectivity index (χ3v) is 10.9. The molecule has 2 fully saturated rings. The van der Waals surface area contributed by atoms with E-state index in [1.54, 1.807) is 11.8 Å². The van der Waals surface area contributed by atoms with Crippen LogP contribution in [0.2, 0.25) is 0 Å². The van der Waals surface area contributed by atoms with Gasteiger partial charge in [-0.2, -0.15) is 0 Å². The number of carbonyl (C=O) groups is 1. The van der Waals surface area contributed by atoms with Crippen LogP contribution < -0.4 is 4.74 Å². The fraction of sp³-hybridized carbons (Fsp3) is 0.591. The van der Waals surface area contributed by atoms with Gasteiger partial charge in [0.15, 0.2) is 4.75 Å². The molecular weight excluding hydrogens is 376 g/mol. The maximum Gasteiger partial charge on any atom is 0.325 e. The Labute approximate surface area is 169 Å². The lowest BCUT2D eigenvalue weighted by molar-refractivity contribution is -0.138. The van der Waals surface area contributed by atoms with Gasteiger partial charge in [0, 0.05) is 12.0 Å². The van der Waals surface area contributed by atoms with E-state index >= 15 is 0 Å². The summed E-state index contributed by atoms with van der Waals surface area (Å²) in [6, 6.07) is 8.12. The third kappa shape index (κ3) is 2.10. The lowest BCUT2D eigenvalue weighted by Crippen LogP contribution is -2.51. The van der Waals surface area contributed by atoms with Gasteiger partial charge >= 0.3 is 5.97 Å². The SMILES string of the molecule is CCCCC12SC1C1=C(Cc3ccccc3O1)C1(C(=O)O)SC12CCCC. The molecule has 2 saturated heterocycles. The number of aliphatic carboxylic acids is 1. The van der Waals surface area contributed by atoms with E-state index in [9.17, 15) is 9.90 Å². The summed E-state index contributed by atoms with van der Waals surface area (Å²) in [5.41, 5.74) is 2.18. The maximum absolute atomic E-state index is 12.7. The standard InChI is InChI=1S/C22H26O3S2/c1-3-5-11-20-18(26-20)17-15(13-14-9-7-8-10-16(14)25-17)22(19(23)24)21(20,27-22)12-6-4-2/h7-10,18H,3-6,11-13H2,1-2H3,(H,23,24). The van der Waals surface area contributed by atoms with Crippen LogP contribution in [0.15, 0.2) is 35.6 Å². The first kappa shape index (κ1) is 18.0. The molecule has 0 spiro atoms. The largest absolute Gasteiger partial charge is 0.480 e. The summed E-state index contributed by atoms with van der Waals surface area (Å²) >= 11 is 3.74. The Kier molecular flexibility index (Phi) is 3.97. The van der Waals surface area contributed by atoms with Crippen molar-refractivity contribution in [1.29, 1.82) is 0 Å². The van der Waals surface area contributed by atoms with Crippen molar-refractivity contribution >= 4 is 29.5 Å². The van der Waals surface area contributed by atoms with Gasteiger partial charge in [-0.05, 0) is 24.5 Å². The Morgan fingerprint density at radius 3 is 2.70 bits per heavy atom. The Morgan fingerprint density at radius 1 is 1.22 bits per heavy atom. The van der Waals surface area contributed by atoms with Crippen LogP contribution in [0.1, 0.15) is 57.9 Å². The van der Waals surface area contributed by atoms with Crippen LogP contribution in [0.3, 0.4) is 0 Å². The normalized spacial score (nSPS) is 37.5. The topological polar surface area (TPSA) is 46.5 Å². The van der Waals surface area contributed by atoms with Crippen LogP contribution >= 0.6 is 23.5 Å². The van der Waals surface area contributed by atoms with Gasteiger partial charge in [0.05, 0.1) is 14.7 Å². The number of ether oxygens (including phenoxy) is 1. The van der Waals surface area contributed by atoms with E-state index in [1.165, 1.54) is 0 Å². The number of benzene rings is 1. The van der Waals surface area contributed by atoms with Gasteiger partial charge in [0.2, 0.25) is 0 Å². The van der Waals surface area contributed by atoms with E-state index in [0.717, 1.165) is 67.6 Å². The van der Waals surface area contributed by atoms with Gasteiger partial charge in [0.1, 0.15) is 11.5 Å². The Morgan fingerprint density at radius 2 is 1.96 bits per heavy atom. The number of hydrogen-bond acceptors (Lipinski definition) is 4. The zero-order valence-electron chi connectivity index (χ0n) is 15.9. The van der Waals surface area contributed by atoms with Crippen molar-refractivity contribution in [3.63, 3.8) is 0 Å². The molecule has 27 heavy (non-hydrogen) atoms. The highest BCUT2D eigenvalue weighted by molar-refractivity contribution is 8.15. The monoisotopic (exact) mass is 402 g/mol. The first-order chi connectivity index (χ1) is 13.1. The molecule has 0 aromatic heterocycles. The summed E-state index contributed by atoms with van der Waals surface area (Å²) in [5.74, 6) is 1.25. The Hall–Kier alpha value is -1.07. The fourth-order valence-corrected chi connectivity index (χ4v) is 9.61. The predicted molar refractivity (Wildman–Crippen MR) is 112 cm³/mol. The van der Waals surface area contributed by atoms with Crippen molar-refractivity contribution in [3.05, 3.63) is 41.2 Å². The molecule has 1 aromatic rings. The number of rotatable bonds is 7. The molecule has 0 bridgehead atoms. The zero-order valence-corrected chi connectivity index (χ0v) is 17.5. The molecule has 0 saturated carbocycles. The summed E-state index contributed by atoms with van der Waals surface area (Å²) in [6.45, 7) is 4.43. The first-order valence-electron chi connectivity index (χ1n) is 10.2. The van der Waals surface area contributed by atoms with Crippen molar-refractivity contribution < 1.29 is 14.6 Å². The van der Waals surface area contributed by atoms with E-state index in [2.05, 4.69) is 19.9 Å². The minimum atomic E-state index is -0.779. The second-order valence-corrected chi connectivity index (χ2v) is 11.2. The molecule has 0 radical (unpaired) electrons. The summed E-state index contributed by atoms with van der Waals surface area (Å²) < 4.78 is 5.52. The highest BCUT2D eigenvalue weighted by Crippen LogP contribution is 2.88. The van der Waals surface area contributed by atoms with Gasteiger partial charge in [-0.15, -0.1) is 23.5 Å². The van der Waals surface area contributed by atoms with Crippen LogP contribution in [0.5, 0.6) is 5.75 Å². The Balaban J connectivity index is 1.63. The van der Waals surface area contributed by atoms with Crippen LogP contribution in [0, 0.1) is 0 Å². The number of thioether (sulfide) groups is 2. The van der Waals surface area contributed by atoms with E-state index < -0.39 is 10.7 Å². The van der Waals surface area contributed by atoms with Gasteiger partial charge in [-0.25, -0.2) is 0 Å². The van der Waals surface area contributed by atoms with Crippen LogP contribution in [-0.2, 0) is 11.2 Å². The van der Waals surface area contributed by atoms with Crippen molar-refractivity contribution in [1.82, 2.24) is 0 Å². The molecular formula is C22H26O3S2. The molecule has 4 unspecified atom stereocenters. The minimum Gasteiger partial charge on any atom is -0.480 e. The molecule has 3 nitrogen and oxygen atoms in total. The summed E-state index contributed by atoms with van der Waals surface area (Å²) in [6.07, 6.45) is 7.36. The van der Waals surface area contributed by atoms with Gasteiger partial charge in [0.25, 0.3) is 0 Å². The van der Waals surface area contributed by atoms with Crippen LogP contribution in [-0.4, -0.2) is 30.6 Å². The van der Waals surface area contributed by atoms with Crippen LogP contribution in [0.25, 0.3) is 0 Å². The van der Waals surface area contributed by atoms with E-state index in [4.69, 9.17) is 4.74 Å². The molecule has 5 heteroatoms. The number of carboxylic acids is 1. The van der Waals surface area contributed by atoms with E-state index in [0.29, 0.717) is 5.25 Å². The van der Waals surface area contributed by atoms with E-state index in [1.807, 2.05) is 30.0 Å². The maximum atomic E-state index is 12.7. The van der Waals surface area contributed by atoms with Crippen molar-refractivity contribution in [2.75, 3.05) is 0 Å². The number of para-hydroxylation sites is 1. The molecule has 3 heterocycles. The highest BCUT2D eigenvalue weighted by Gasteiger charge is 2.91. The van der Waals surface area contributed by atoms with Crippen molar-refractivity contribution in [2.24, 2.45) is 0 Å². The van der Waals surface area contributed by atoms with Gasteiger partial charge in [-0.1, -0.05) is 57.7 Å². The molecule has 5 rings (SSSR count). The average Bonchev–Trinajstić information content (AvgIpc) is 3.56. The lowest BCUT2D eigenvalue weighted by Gasteiger charge is -2.37. The second-order valence-electron chi connectivity index (χ2n) is 8.24. The predicted octanol–water partition coefficient (Wildman–Crippen LogP) is 5.43. The van der Waals surface area contributed by atoms with Crippen molar-refractivity contribution in [2.45, 2.75) is 78.3 Å². The fourth-order valence-electron chi connectivity index (χ4n) is 5.43. The van der Waals surface area contributed by atoms with Crippen molar-refractivity contribution in [3.8, 4) is 5.75 Å². The van der Waals surface area contributed by atoms with Gasteiger partial charge < -0.3 is 9.84 Å². The average molecular weight is 403 g/mol. The van der Waals surface area contributed by atoms with E-state index in [-0.39, 0.29) is 9.49 Å². The molecule has 4 aliphatic rings. The second kappa shape index (κ2) is 5.96. The molecule has 0 amide bonds. The number of fused-ring (bicyclic) bond motifs is 6. The van der Waals surface area contributed by atoms with Gasteiger partial charge in [-0.3, -0.25) is 4.79 Å². The molecule has 144 valence electrons. The number of hydrogen-bond donors (Lipinski definition) is 1.